The summed E-state index contributed by atoms with van der Waals surface area (Å²) in [5.41, 5.74) is 0. The fraction of sp³-hybridized carbons (Fsp3) is 0.812. The summed E-state index contributed by atoms with van der Waals surface area (Å²) in [5.74, 6) is -0.325. The van der Waals surface area contributed by atoms with Crippen molar-refractivity contribution in [3.8, 4) is 5.88 Å². The zero-order chi connectivity index (χ0) is 20.5. The molecular formula is C16H30ClN2O6PS. The van der Waals surface area contributed by atoms with Gasteiger partial charge in [-0.2, -0.15) is 0 Å². The van der Waals surface area contributed by atoms with Crippen molar-refractivity contribution in [2.45, 2.75) is 71.4 Å². The SMILES string of the molecule is CCCCCCn1nc(OP(=O)(OCC)OCC)c(Cl)c1S(=O)(=O)CCC. The fourth-order valence-electron chi connectivity index (χ4n) is 2.48. The first-order chi connectivity index (χ1) is 12.7. The van der Waals surface area contributed by atoms with Gasteiger partial charge in [0.2, 0.25) is 0 Å². The minimum atomic E-state index is -3.93. The van der Waals surface area contributed by atoms with Crippen LogP contribution in [-0.2, 0) is 30.0 Å². The maximum absolute atomic E-state index is 12.7. The third-order valence-electron chi connectivity index (χ3n) is 3.59. The Bertz CT molecular complexity index is 728. The molecule has 1 heterocycles. The molecule has 0 saturated heterocycles. The van der Waals surface area contributed by atoms with Gasteiger partial charge in [-0.05, 0) is 26.7 Å². The molecule has 0 aliphatic rings. The van der Waals surface area contributed by atoms with E-state index in [1.807, 2.05) is 0 Å². The lowest BCUT2D eigenvalue weighted by molar-refractivity contribution is 0.165. The highest BCUT2D eigenvalue weighted by Crippen LogP contribution is 2.51. The van der Waals surface area contributed by atoms with Gasteiger partial charge in [-0.15, -0.1) is 5.10 Å². The fourth-order valence-corrected chi connectivity index (χ4v) is 5.75. The lowest BCUT2D eigenvalue weighted by Gasteiger charge is -2.15. The number of sulfone groups is 1. The van der Waals surface area contributed by atoms with Crippen LogP contribution in [0, 0.1) is 0 Å². The number of hydrogen-bond acceptors (Lipinski definition) is 7. The van der Waals surface area contributed by atoms with Gasteiger partial charge in [-0.3, -0.25) is 9.05 Å². The van der Waals surface area contributed by atoms with Crippen molar-refractivity contribution in [2.75, 3.05) is 19.0 Å². The van der Waals surface area contributed by atoms with Crippen LogP contribution in [0.15, 0.2) is 5.03 Å². The standard InChI is InChI=1S/C16H30ClN2O6PS/c1-5-9-10-11-12-19-16(27(21,22)13-6-2)14(17)15(18-19)25-26(20,23-7-3)24-8-4/h5-13H2,1-4H3. The topological polar surface area (TPSA) is 96.7 Å². The van der Waals surface area contributed by atoms with Crippen molar-refractivity contribution in [3.63, 3.8) is 0 Å². The third kappa shape index (κ3) is 7.06. The van der Waals surface area contributed by atoms with Crippen LogP contribution in [0.2, 0.25) is 5.02 Å². The molecule has 0 amide bonds. The maximum Gasteiger partial charge on any atom is 0.531 e. The molecule has 0 aromatic carbocycles. The van der Waals surface area contributed by atoms with Gasteiger partial charge in [0, 0.05) is 6.54 Å². The highest BCUT2D eigenvalue weighted by atomic mass is 35.5. The summed E-state index contributed by atoms with van der Waals surface area (Å²) in [6, 6.07) is 0. The maximum atomic E-state index is 12.7. The zero-order valence-corrected chi connectivity index (χ0v) is 18.9. The van der Waals surface area contributed by atoms with Crippen LogP contribution < -0.4 is 4.52 Å². The third-order valence-corrected chi connectivity index (χ3v) is 7.53. The smallest absolute Gasteiger partial charge is 0.382 e. The number of aromatic nitrogens is 2. The van der Waals surface area contributed by atoms with Gasteiger partial charge in [0.05, 0.1) is 19.0 Å². The second kappa shape index (κ2) is 11.4. The van der Waals surface area contributed by atoms with E-state index in [9.17, 15) is 13.0 Å². The summed E-state index contributed by atoms with van der Waals surface area (Å²) in [6.07, 6.45) is 4.22. The molecular weight excluding hydrogens is 415 g/mol. The molecule has 1 aromatic heterocycles. The summed E-state index contributed by atoms with van der Waals surface area (Å²) >= 11 is 6.28. The average molecular weight is 445 g/mol. The van der Waals surface area contributed by atoms with Crippen LogP contribution in [0.3, 0.4) is 0 Å². The molecule has 0 unspecified atom stereocenters. The van der Waals surface area contributed by atoms with E-state index in [2.05, 4.69) is 12.0 Å². The van der Waals surface area contributed by atoms with E-state index >= 15 is 0 Å². The van der Waals surface area contributed by atoms with Crippen LogP contribution in [0.5, 0.6) is 5.88 Å². The molecule has 0 aliphatic carbocycles. The van der Waals surface area contributed by atoms with E-state index in [1.165, 1.54) is 4.68 Å². The molecule has 11 heteroatoms. The molecule has 0 bridgehead atoms. The number of phosphoric ester groups is 1. The molecule has 0 radical (unpaired) electrons. The molecule has 0 fully saturated rings. The number of nitrogens with zero attached hydrogens (tertiary/aromatic N) is 2. The number of unbranched alkanes of at least 4 members (excludes halogenated alkanes) is 3. The Labute approximate surface area is 167 Å². The zero-order valence-electron chi connectivity index (χ0n) is 16.4. The molecule has 27 heavy (non-hydrogen) atoms. The van der Waals surface area contributed by atoms with Crippen molar-refractivity contribution in [2.24, 2.45) is 0 Å². The first-order valence-electron chi connectivity index (χ1n) is 9.32. The molecule has 1 rings (SSSR count). The van der Waals surface area contributed by atoms with Gasteiger partial charge in [0.1, 0.15) is 5.02 Å². The lowest BCUT2D eigenvalue weighted by atomic mass is 10.2. The summed E-state index contributed by atoms with van der Waals surface area (Å²) in [5, 5.41) is 3.85. The number of rotatable bonds is 14. The molecule has 0 spiro atoms. The normalized spacial score (nSPS) is 12.5. The Kier molecular flexibility index (Phi) is 10.3. The summed E-state index contributed by atoms with van der Waals surface area (Å²) in [7, 11) is -7.59. The highest BCUT2D eigenvalue weighted by Gasteiger charge is 2.34. The molecule has 158 valence electrons. The monoisotopic (exact) mass is 444 g/mol. The van der Waals surface area contributed by atoms with Gasteiger partial charge in [-0.25, -0.2) is 17.7 Å². The minimum absolute atomic E-state index is 0.0681. The van der Waals surface area contributed by atoms with Crippen molar-refractivity contribution in [1.29, 1.82) is 0 Å². The predicted octanol–water partition coefficient (Wildman–Crippen LogP) is 4.86. The van der Waals surface area contributed by atoms with Crippen molar-refractivity contribution in [3.05, 3.63) is 5.02 Å². The van der Waals surface area contributed by atoms with Crippen LogP contribution in [-0.4, -0.2) is 37.2 Å². The molecule has 0 aliphatic heterocycles. The van der Waals surface area contributed by atoms with Crippen molar-refractivity contribution < 1.29 is 26.6 Å². The lowest BCUT2D eigenvalue weighted by Crippen LogP contribution is -2.14. The van der Waals surface area contributed by atoms with Crippen LogP contribution in [0.25, 0.3) is 0 Å². The Balaban J connectivity index is 3.26. The first-order valence-corrected chi connectivity index (χ1v) is 12.8. The second-order valence-corrected chi connectivity index (χ2v) is 9.90. The molecule has 0 saturated carbocycles. The number of halogens is 1. The number of aryl methyl sites for hydroxylation is 1. The van der Waals surface area contributed by atoms with E-state index in [0.29, 0.717) is 13.0 Å². The van der Waals surface area contributed by atoms with Gasteiger partial charge in [0.25, 0.3) is 5.88 Å². The van der Waals surface area contributed by atoms with E-state index in [0.717, 1.165) is 25.7 Å². The van der Waals surface area contributed by atoms with Gasteiger partial charge >= 0.3 is 7.82 Å². The average Bonchev–Trinajstić information content (AvgIpc) is 2.88. The van der Waals surface area contributed by atoms with Crippen LogP contribution in [0.4, 0.5) is 0 Å². The summed E-state index contributed by atoms with van der Waals surface area (Å²) in [4.78, 5) is 0. The summed E-state index contributed by atoms with van der Waals surface area (Å²) < 4.78 is 54.7. The molecule has 0 N–H and O–H groups in total. The minimum Gasteiger partial charge on any atom is -0.382 e. The van der Waals surface area contributed by atoms with E-state index in [1.54, 1.807) is 20.8 Å². The van der Waals surface area contributed by atoms with Crippen LogP contribution in [0.1, 0.15) is 59.8 Å². The van der Waals surface area contributed by atoms with E-state index in [4.69, 9.17) is 25.2 Å². The Hall–Kier alpha value is -0.600. The van der Waals surface area contributed by atoms with Gasteiger partial charge < -0.3 is 4.52 Å². The molecule has 1 aromatic rings. The van der Waals surface area contributed by atoms with Crippen LogP contribution >= 0.6 is 19.4 Å². The van der Waals surface area contributed by atoms with Gasteiger partial charge in [0.15, 0.2) is 14.9 Å². The van der Waals surface area contributed by atoms with Crippen molar-refractivity contribution in [1.82, 2.24) is 9.78 Å². The van der Waals surface area contributed by atoms with E-state index < -0.39 is 17.7 Å². The first kappa shape index (κ1) is 24.4. The Morgan fingerprint density at radius 2 is 1.67 bits per heavy atom. The number of phosphoric acid groups is 1. The highest BCUT2D eigenvalue weighted by molar-refractivity contribution is 7.91. The largest absolute Gasteiger partial charge is 0.531 e. The predicted molar refractivity (Wildman–Crippen MR) is 105 cm³/mol. The van der Waals surface area contributed by atoms with Crippen molar-refractivity contribution >= 4 is 29.3 Å². The Morgan fingerprint density at radius 3 is 2.19 bits per heavy atom. The molecule has 8 nitrogen and oxygen atoms in total. The summed E-state index contributed by atoms with van der Waals surface area (Å²) in [6.45, 7) is 7.69. The Morgan fingerprint density at radius 1 is 1.04 bits per heavy atom. The quantitative estimate of drug-likeness (QED) is 0.298. The van der Waals surface area contributed by atoms with E-state index in [-0.39, 0.29) is 34.9 Å². The molecule has 0 atom stereocenters. The van der Waals surface area contributed by atoms with Gasteiger partial charge in [-0.1, -0.05) is 44.7 Å². The number of hydrogen-bond donors (Lipinski definition) is 0. The second-order valence-electron chi connectivity index (χ2n) is 5.90.